The predicted octanol–water partition coefficient (Wildman–Crippen LogP) is 5.48. The molecule has 0 saturated heterocycles. The van der Waals surface area contributed by atoms with Crippen molar-refractivity contribution in [1.29, 1.82) is 5.26 Å². The van der Waals surface area contributed by atoms with Gasteiger partial charge in [0.05, 0.1) is 12.2 Å². The van der Waals surface area contributed by atoms with E-state index < -0.39 is 5.97 Å². The van der Waals surface area contributed by atoms with Crippen molar-refractivity contribution in [2.45, 2.75) is 27.4 Å². The van der Waals surface area contributed by atoms with Crippen molar-refractivity contribution >= 4 is 5.97 Å². The van der Waals surface area contributed by atoms with Gasteiger partial charge in [-0.1, -0.05) is 38.1 Å². The van der Waals surface area contributed by atoms with Crippen molar-refractivity contribution in [2.75, 3.05) is 6.61 Å². The van der Waals surface area contributed by atoms with E-state index in [4.69, 9.17) is 9.47 Å². The van der Waals surface area contributed by atoms with Crippen molar-refractivity contribution in [3.05, 3.63) is 77.4 Å². The Labute approximate surface area is 176 Å². The molecule has 0 unspecified atom stereocenters. The monoisotopic (exact) mass is 408 g/mol. The molecule has 0 radical (unpaired) electrons. The number of halogens is 1. The first kappa shape index (κ1) is 22.7. The first-order chi connectivity index (χ1) is 14.5. The van der Waals surface area contributed by atoms with Gasteiger partial charge in [-0.15, -0.1) is 0 Å². The Morgan fingerprint density at radius 1 is 1.10 bits per heavy atom. The van der Waals surface area contributed by atoms with E-state index in [0.29, 0.717) is 34.7 Å². The Balaban J connectivity index is 0.00000155. The summed E-state index contributed by atoms with van der Waals surface area (Å²) < 4.78 is 25.4. The van der Waals surface area contributed by atoms with E-state index in [-0.39, 0.29) is 12.4 Å². The lowest BCUT2D eigenvalue weighted by atomic mass is 10.0. The van der Waals surface area contributed by atoms with Crippen LogP contribution < -0.4 is 4.74 Å². The minimum Gasteiger partial charge on any atom is -0.489 e. The number of benzene rings is 2. The lowest BCUT2D eigenvalue weighted by molar-refractivity contribution is 0.0516. The molecule has 0 atom stereocenters. The minimum absolute atomic E-state index is 0.251. The molecule has 1 heterocycles. The standard InChI is InChI=1S/C22H19FN2O3.C2H6/c1-3-27-22(26)21-20(17(12-24)13-25(21)2)16-6-10-19(11-7-16)28-14-15-4-8-18(23)9-5-15;1-2/h4-11,13H,3,14H2,1-2H3;1-2H3. The highest BCUT2D eigenvalue weighted by atomic mass is 19.1. The smallest absolute Gasteiger partial charge is 0.355 e. The summed E-state index contributed by atoms with van der Waals surface area (Å²) in [6.45, 7) is 6.29. The second-order valence-corrected chi connectivity index (χ2v) is 6.15. The summed E-state index contributed by atoms with van der Waals surface area (Å²) >= 11 is 0. The Hall–Kier alpha value is -3.59. The molecule has 6 heteroatoms. The molecule has 5 nitrogen and oxygen atoms in total. The Bertz CT molecular complexity index is 1020. The van der Waals surface area contributed by atoms with Gasteiger partial charge in [-0.05, 0) is 42.3 Å². The summed E-state index contributed by atoms with van der Waals surface area (Å²) in [5.74, 6) is -0.139. The van der Waals surface area contributed by atoms with Gasteiger partial charge in [-0.2, -0.15) is 5.26 Å². The van der Waals surface area contributed by atoms with Crippen molar-refractivity contribution in [3.8, 4) is 22.9 Å². The fourth-order valence-electron chi connectivity index (χ4n) is 2.91. The summed E-state index contributed by atoms with van der Waals surface area (Å²) in [6.07, 6.45) is 1.61. The van der Waals surface area contributed by atoms with Crippen molar-refractivity contribution in [3.63, 3.8) is 0 Å². The fourth-order valence-corrected chi connectivity index (χ4v) is 2.91. The molecule has 0 bridgehead atoms. The molecule has 3 aromatic rings. The van der Waals surface area contributed by atoms with Crippen molar-refractivity contribution in [2.24, 2.45) is 7.05 Å². The number of aryl methyl sites for hydroxylation is 1. The van der Waals surface area contributed by atoms with Crippen LogP contribution in [0, 0.1) is 17.1 Å². The quantitative estimate of drug-likeness (QED) is 0.506. The predicted molar refractivity (Wildman–Crippen MR) is 114 cm³/mol. The molecule has 156 valence electrons. The summed E-state index contributed by atoms with van der Waals surface area (Å²) in [5, 5.41) is 9.45. The van der Waals surface area contributed by atoms with E-state index in [0.717, 1.165) is 5.56 Å². The zero-order valence-corrected chi connectivity index (χ0v) is 17.6. The lowest BCUT2D eigenvalue weighted by Gasteiger charge is -2.09. The third kappa shape index (κ3) is 5.26. The van der Waals surface area contributed by atoms with Crippen LogP contribution in [0.3, 0.4) is 0 Å². The highest BCUT2D eigenvalue weighted by molar-refractivity contribution is 5.97. The molecule has 0 spiro atoms. The molecular weight excluding hydrogens is 383 g/mol. The first-order valence-electron chi connectivity index (χ1n) is 9.77. The van der Waals surface area contributed by atoms with Gasteiger partial charge in [0.2, 0.25) is 0 Å². The van der Waals surface area contributed by atoms with Crippen LogP contribution in [0.5, 0.6) is 5.75 Å². The SMILES string of the molecule is CC.CCOC(=O)c1c(-c2ccc(OCc3ccc(F)cc3)cc2)c(C#N)cn1C. The third-order valence-corrected chi connectivity index (χ3v) is 4.23. The zero-order valence-electron chi connectivity index (χ0n) is 17.6. The molecule has 0 N–H and O–H groups in total. The number of nitrogens with zero attached hydrogens (tertiary/aromatic N) is 2. The number of hydrogen-bond acceptors (Lipinski definition) is 4. The molecule has 1 aromatic heterocycles. The number of hydrogen-bond donors (Lipinski definition) is 0. The molecule has 0 aliphatic rings. The maximum absolute atomic E-state index is 13.0. The highest BCUT2D eigenvalue weighted by Crippen LogP contribution is 2.31. The van der Waals surface area contributed by atoms with Gasteiger partial charge in [0.15, 0.2) is 0 Å². The number of carbonyl (C=O) groups excluding carboxylic acids is 1. The first-order valence-corrected chi connectivity index (χ1v) is 9.77. The topological polar surface area (TPSA) is 64.2 Å². The van der Waals surface area contributed by atoms with Crippen LogP contribution in [-0.4, -0.2) is 17.1 Å². The van der Waals surface area contributed by atoms with Gasteiger partial charge in [-0.25, -0.2) is 9.18 Å². The van der Waals surface area contributed by atoms with Gasteiger partial charge in [-0.3, -0.25) is 0 Å². The maximum Gasteiger partial charge on any atom is 0.355 e. The normalized spacial score (nSPS) is 9.87. The van der Waals surface area contributed by atoms with E-state index in [1.165, 1.54) is 12.1 Å². The average Bonchev–Trinajstić information content (AvgIpc) is 3.11. The molecule has 0 aliphatic heterocycles. The number of nitriles is 1. The zero-order chi connectivity index (χ0) is 22.1. The maximum atomic E-state index is 13.0. The number of esters is 1. The number of rotatable bonds is 6. The Kier molecular flexibility index (Phi) is 8.18. The average molecular weight is 408 g/mol. The van der Waals surface area contributed by atoms with Crippen molar-refractivity contribution < 1.29 is 18.7 Å². The lowest BCUT2D eigenvalue weighted by Crippen LogP contribution is -2.10. The van der Waals surface area contributed by atoms with Gasteiger partial charge in [0.1, 0.15) is 29.9 Å². The molecule has 3 rings (SSSR count). The molecule has 0 amide bonds. The van der Waals surface area contributed by atoms with Crippen LogP contribution in [0.15, 0.2) is 54.7 Å². The number of aromatic nitrogens is 1. The van der Waals surface area contributed by atoms with Gasteiger partial charge in [0, 0.05) is 18.8 Å². The van der Waals surface area contributed by atoms with E-state index in [9.17, 15) is 14.4 Å². The fraction of sp³-hybridized carbons (Fsp3) is 0.250. The summed E-state index contributed by atoms with van der Waals surface area (Å²) in [6, 6.07) is 15.3. The summed E-state index contributed by atoms with van der Waals surface area (Å²) in [4.78, 5) is 12.3. The van der Waals surface area contributed by atoms with Crippen LogP contribution in [0.25, 0.3) is 11.1 Å². The number of ether oxygens (including phenoxy) is 2. The van der Waals surface area contributed by atoms with Gasteiger partial charge in [0.25, 0.3) is 0 Å². The second-order valence-electron chi connectivity index (χ2n) is 6.15. The van der Waals surface area contributed by atoms with E-state index >= 15 is 0 Å². The summed E-state index contributed by atoms with van der Waals surface area (Å²) in [7, 11) is 1.71. The van der Waals surface area contributed by atoms with E-state index in [1.54, 1.807) is 61.1 Å². The Morgan fingerprint density at radius 2 is 1.73 bits per heavy atom. The molecule has 0 fully saturated rings. The van der Waals surface area contributed by atoms with Gasteiger partial charge < -0.3 is 14.0 Å². The van der Waals surface area contributed by atoms with Crippen LogP contribution in [-0.2, 0) is 18.4 Å². The van der Waals surface area contributed by atoms with Crippen LogP contribution in [0.2, 0.25) is 0 Å². The van der Waals surface area contributed by atoms with Crippen molar-refractivity contribution in [1.82, 2.24) is 4.57 Å². The minimum atomic E-state index is -0.474. The van der Waals surface area contributed by atoms with E-state index in [1.807, 2.05) is 13.8 Å². The van der Waals surface area contributed by atoms with E-state index in [2.05, 4.69) is 6.07 Å². The van der Waals surface area contributed by atoms with Crippen LogP contribution >= 0.6 is 0 Å². The largest absolute Gasteiger partial charge is 0.489 e. The second kappa shape index (κ2) is 10.8. The van der Waals surface area contributed by atoms with Gasteiger partial charge >= 0.3 is 5.97 Å². The van der Waals surface area contributed by atoms with Crippen LogP contribution in [0.4, 0.5) is 4.39 Å². The summed E-state index contributed by atoms with van der Waals surface area (Å²) in [5.41, 5.74) is 2.83. The number of carbonyl (C=O) groups is 1. The van der Waals surface area contributed by atoms with Crippen LogP contribution in [0.1, 0.15) is 42.4 Å². The highest BCUT2D eigenvalue weighted by Gasteiger charge is 2.22. The molecule has 2 aromatic carbocycles. The third-order valence-electron chi connectivity index (χ3n) is 4.23. The molecular formula is C24H25FN2O3. The molecule has 0 saturated carbocycles. The Morgan fingerprint density at radius 3 is 2.30 bits per heavy atom. The molecule has 30 heavy (non-hydrogen) atoms. The molecule has 0 aliphatic carbocycles.